The van der Waals surface area contributed by atoms with E-state index in [2.05, 4.69) is 24.2 Å². The summed E-state index contributed by atoms with van der Waals surface area (Å²) in [6, 6.07) is 0. The van der Waals surface area contributed by atoms with E-state index in [0.29, 0.717) is 13.2 Å². The Morgan fingerprint density at radius 2 is 2.18 bits per heavy atom. The van der Waals surface area contributed by atoms with Crippen molar-refractivity contribution in [3.63, 3.8) is 0 Å². The van der Waals surface area contributed by atoms with Crippen molar-refractivity contribution in [2.45, 2.75) is 32.2 Å². The molecule has 100 valence electrons. The molecule has 0 aromatic carbocycles. The Bertz CT molecular complexity index is 245. The Balaban J connectivity index is 2.08. The molecule has 0 spiro atoms. The summed E-state index contributed by atoms with van der Waals surface area (Å²) < 4.78 is 10.3. The van der Waals surface area contributed by atoms with E-state index in [1.165, 1.54) is 6.42 Å². The number of nitrogens with one attached hydrogen (secondary N) is 1. The van der Waals surface area contributed by atoms with Crippen LogP contribution in [-0.4, -0.2) is 49.9 Å². The minimum absolute atomic E-state index is 0.194. The van der Waals surface area contributed by atoms with Gasteiger partial charge in [0.25, 0.3) is 0 Å². The van der Waals surface area contributed by atoms with Crippen LogP contribution in [-0.2, 0) is 9.47 Å². The normalized spacial score (nSPS) is 21.5. The second-order valence-corrected chi connectivity index (χ2v) is 5.84. The molecule has 1 N–H and O–H groups in total. The molecule has 1 aliphatic heterocycles. The SMILES string of the molecule is COCCOCCCN=C1NC(C)(C)CCS1. The van der Waals surface area contributed by atoms with Crippen LogP contribution in [0.4, 0.5) is 0 Å². The fraction of sp³-hybridized carbons (Fsp3) is 0.917. The summed E-state index contributed by atoms with van der Waals surface area (Å²) in [5, 5.41) is 4.54. The lowest BCUT2D eigenvalue weighted by atomic mass is 10.0. The van der Waals surface area contributed by atoms with Crippen molar-refractivity contribution in [2.24, 2.45) is 4.99 Å². The lowest BCUT2D eigenvalue weighted by molar-refractivity contribution is 0.0702. The molecule has 0 aliphatic carbocycles. The maximum atomic E-state index is 5.38. The van der Waals surface area contributed by atoms with Gasteiger partial charge in [0.15, 0.2) is 5.17 Å². The van der Waals surface area contributed by atoms with E-state index in [9.17, 15) is 0 Å². The van der Waals surface area contributed by atoms with E-state index in [1.54, 1.807) is 7.11 Å². The van der Waals surface area contributed by atoms with E-state index in [1.807, 2.05) is 11.8 Å². The molecule has 0 bridgehead atoms. The average molecular weight is 260 g/mol. The Morgan fingerprint density at radius 3 is 2.88 bits per heavy atom. The quantitative estimate of drug-likeness (QED) is 0.710. The first-order valence-corrected chi connectivity index (χ1v) is 7.15. The molecule has 0 aromatic heterocycles. The lowest BCUT2D eigenvalue weighted by Gasteiger charge is -2.32. The largest absolute Gasteiger partial charge is 0.382 e. The molecule has 1 saturated heterocycles. The second kappa shape index (κ2) is 7.95. The van der Waals surface area contributed by atoms with Crippen molar-refractivity contribution in [2.75, 3.05) is 39.2 Å². The lowest BCUT2D eigenvalue weighted by Crippen LogP contribution is -2.46. The van der Waals surface area contributed by atoms with Crippen LogP contribution in [0, 0.1) is 0 Å². The van der Waals surface area contributed by atoms with Crippen LogP contribution in [0.25, 0.3) is 0 Å². The zero-order chi connectivity index (χ0) is 12.6. The van der Waals surface area contributed by atoms with Gasteiger partial charge in [0, 0.05) is 31.6 Å². The molecule has 1 heterocycles. The smallest absolute Gasteiger partial charge is 0.156 e. The highest BCUT2D eigenvalue weighted by molar-refractivity contribution is 8.13. The minimum Gasteiger partial charge on any atom is -0.382 e. The number of rotatable bonds is 7. The average Bonchev–Trinajstić information content (AvgIpc) is 2.27. The van der Waals surface area contributed by atoms with Crippen LogP contribution in [0.2, 0.25) is 0 Å². The molecule has 1 aliphatic rings. The Morgan fingerprint density at radius 1 is 1.35 bits per heavy atom. The summed E-state index contributed by atoms with van der Waals surface area (Å²) >= 11 is 1.82. The van der Waals surface area contributed by atoms with Crippen LogP contribution in [0.15, 0.2) is 4.99 Å². The summed E-state index contributed by atoms with van der Waals surface area (Å²) in [6.07, 6.45) is 2.16. The van der Waals surface area contributed by atoms with E-state index in [0.717, 1.165) is 30.5 Å². The third kappa shape index (κ3) is 6.91. The number of aliphatic imine (C=N–C) groups is 1. The molecule has 1 rings (SSSR count). The number of amidine groups is 1. The molecule has 0 atom stereocenters. The fourth-order valence-corrected chi connectivity index (χ4v) is 2.80. The molecular formula is C12H24N2O2S. The Kier molecular flexibility index (Phi) is 6.92. The summed E-state index contributed by atoms with van der Waals surface area (Å²) in [5.41, 5.74) is 0.194. The van der Waals surface area contributed by atoms with E-state index in [4.69, 9.17) is 9.47 Å². The first-order chi connectivity index (χ1) is 8.14. The minimum atomic E-state index is 0.194. The van der Waals surface area contributed by atoms with Crippen molar-refractivity contribution in [1.29, 1.82) is 0 Å². The van der Waals surface area contributed by atoms with Crippen LogP contribution >= 0.6 is 11.8 Å². The summed E-state index contributed by atoms with van der Waals surface area (Å²) in [5.74, 6) is 1.16. The fourth-order valence-electron chi connectivity index (χ4n) is 1.47. The zero-order valence-corrected chi connectivity index (χ0v) is 11.9. The van der Waals surface area contributed by atoms with Gasteiger partial charge in [0.05, 0.1) is 13.2 Å². The molecular weight excluding hydrogens is 236 g/mol. The molecule has 17 heavy (non-hydrogen) atoms. The highest BCUT2D eigenvalue weighted by Gasteiger charge is 2.23. The van der Waals surface area contributed by atoms with Gasteiger partial charge in [-0.1, -0.05) is 11.8 Å². The van der Waals surface area contributed by atoms with Crippen LogP contribution in [0.3, 0.4) is 0 Å². The number of methoxy groups -OCH3 is 1. The highest BCUT2D eigenvalue weighted by Crippen LogP contribution is 2.21. The third-order valence-corrected chi connectivity index (χ3v) is 3.46. The van der Waals surface area contributed by atoms with Gasteiger partial charge < -0.3 is 14.8 Å². The number of ether oxygens (including phenoxy) is 2. The van der Waals surface area contributed by atoms with Gasteiger partial charge in [0.2, 0.25) is 0 Å². The predicted octanol–water partition coefficient (Wildman–Crippen LogP) is 1.90. The maximum absolute atomic E-state index is 5.38. The molecule has 4 nitrogen and oxygen atoms in total. The van der Waals surface area contributed by atoms with E-state index in [-0.39, 0.29) is 5.54 Å². The first-order valence-electron chi connectivity index (χ1n) is 6.16. The molecule has 0 amide bonds. The first kappa shape index (κ1) is 14.8. The van der Waals surface area contributed by atoms with Gasteiger partial charge in [-0.25, -0.2) is 0 Å². The van der Waals surface area contributed by atoms with Gasteiger partial charge in [-0.05, 0) is 26.7 Å². The number of thioether (sulfide) groups is 1. The summed E-state index contributed by atoms with van der Waals surface area (Å²) in [6.45, 7) is 7.37. The van der Waals surface area contributed by atoms with Gasteiger partial charge in [-0.3, -0.25) is 4.99 Å². The van der Waals surface area contributed by atoms with Crippen molar-refractivity contribution in [3.05, 3.63) is 0 Å². The van der Waals surface area contributed by atoms with Crippen molar-refractivity contribution in [1.82, 2.24) is 5.32 Å². The monoisotopic (exact) mass is 260 g/mol. The van der Waals surface area contributed by atoms with Crippen molar-refractivity contribution >= 4 is 16.9 Å². The molecule has 1 fully saturated rings. The van der Waals surface area contributed by atoms with Gasteiger partial charge in [-0.15, -0.1) is 0 Å². The number of nitrogens with zero attached hydrogens (tertiary/aromatic N) is 1. The summed E-state index contributed by atoms with van der Waals surface area (Å²) in [7, 11) is 1.68. The highest BCUT2D eigenvalue weighted by atomic mass is 32.2. The van der Waals surface area contributed by atoms with Crippen LogP contribution in [0.5, 0.6) is 0 Å². The van der Waals surface area contributed by atoms with Gasteiger partial charge in [-0.2, -0.15) is 0 Å². The Hall–Kier alpha value is -0.260. The standard InChI is InChI=1S/C12H24N2O2S/c1-12(2)5-10-17-11(14-12)13-6-4-7-16-9-8-15-3/h4-10H2,1-3H3,(H,13,14). The molecule has 0 saturated carbocycles. The van der Waals surface area contributed by atoms with Crippen LogP contribution < -0.4 is 5.32 Å². The molecule has 0 unspecified atom stereocenters. The van der Waals surface area contributed by atoms with Crippen molar-refractivity contribution < 1.29 is 9.47 Å². The molecule has 0 radical (unpaired) electrons. The topological polar surface area (TPSA) is 42.9 Å². The number of hydrogen-bond acceptors (Lipinski definition) is 4. The number of hydrogen-bond donors (Lipinski definition) is 1. The van der Waals surface area contributed by atoms with Crippen LogP contribution in [0.1, 0.15) is 26.7 Å². The summed E-state index contributed by atoms with van der Waals surface area (Å²) in [4.78, 5) is 4.55. The molecule has 0 aromatic rings. The Labute approximate surface area is 109 Å². The third-order valence-electron chi connectivity index (χ3n) is 2.55. The second-order valence-electron chi connectivity index (χ2n) is 4.75. The predicted molar refractivity (Wildman–Crippen MR) is 73.9 cm³/mol. The van der Waals surface area contributed by atoms with Gasteiger partial charge >= 0.3 is 0 Å². The van der Waals surface area contributed by atoms with Gasteiger partial charge in [0.1, 0.15) is 0 Å². The zero-order valence-electron chi connectivity index (χ0n) is 11.1. The molecule has 5 heteroatoms. The maximum Gasteiger partial charge on any atom is 0.156 e. The van der Waals surface area contributed by atoms with Crippen molar-refractivity contribution in [3.8, 4) is 0 Å². The van der Waals surface area contributed by atoms with E-state index < -0.39 is 0 Å². The van der Waals surface area contributed by atoms with E-state index >= 15 is 0 Å².